The SMILES string of the molecule is CN=C(NCCCOC1CCCC1)NCc1ccc(OCC(F)(F)F)cc1.I. The molecule has 0 spiro atoms. The van der Waals surface area contributed by atoms with E-state index < -0.39 is 12.8 Å². The predicted molar refractivity (Wildman–Crippen MR) is 114 cm³/mol. The van der Waals surface area contributed by atoms with Crippen molar-refractivity contribution in [1.29, 1.82) is 0 Å². The Morgan fingerprint density at radius 1 is 1.14 bits per heavy atom. The summed E-state index contributed by atoms with van der Waals surface area (Å²) in [5.41, 5.74) is 0.918. The quantitative estimate of drug-likeness (QED) is 0.224. The number of hydrogen-bond donors (Lipinski definition) is 2. The lowest BCUT2D eigenvalue weighted by atomic mass is 10.2. The van der Waals surface area contributed by atoms with Crippen molar-refractivity contribution in [1.82, 2.24) is 10.6 Å². The van der Waals surface area contributed by atoms with Gasteiger partial charge < -0.3 is 20.1 Å². The van der Waals surface area contributed by atoms with Crippen molar-refractivity contribution < 1.29 is 22.6 Å². The number of nitrogens with one attached hydrogen (secondary N) is 2. The molecular weight excluding hydrogens is 486 g/mol. The van der Waals surface area contributed by atoms with Gasteiger partial charge in [0.2, 0.25) is 0 Å². The second-order valence-electron chi connectivity index (χ2n) is 6.53. The molecule has 9 heteroatoms. The molecule has 0 atom stereocenters. The summed E-state index contributed by atoms with van der Waals surface area (Å²) in [6.07, 6.45) is 1.91. The standard InChI is InChI=1S/C19H28F3N3O2.HI/c1-23-18(24-11-4-12-26-16-5-2-3-6-16)25-13-15-7-9-17(10-8-15)27-14-19(20,21)22;/h7-10,16H,2-6,11-14H2,1H3,(H2,23,24,25);1H. The van der Waals surface area contributed by atoms with Crippen LogP contribution in [0.15, 0.2) is 29.3 Å². The fourth-order valence-corrected chi connectivity index (χ4v) is 2.86. The molecule has 0 bridgehead atoms. The van der Waals surface area contributed by atoms with Crippen molar-refractivity contribution in [3.63, 3.8) is 0 Å². The molecule has 0 amide bonds. The van der Waals surface area contributed by atoms with Gasteiger partial charge in [0, 0.05) is 26.7 Å². The molecule has 0 heterocycles. The molecule has 1 aromatic carbocycles. The zero-order valence-electron chi connectivity index (χ0n) is 16.1. The first kappa shape index (κ1) is 24.8. The number of ether oxygens (including phenoxy) is 2. The second-order valence-corrected chi connectivity index (χ2v) is 6.53. The summed E-state index contributed by atoms with van der Waals surface area (Å²) in [4.78, 5) is 4.16. The summed E-state index contributed by atoms with van der Waals surface area (Å²) in [6, 6.07) is 6.50. The lowest BCUT2D eigenvalue weighted by Gasteiger charge is -2.14. The van der Waals surface area contributed by atoms with E-state index in [4.69, 9.17) is 9.47 Å². The van der Waals surface area contributed by atoms with E-state index in [0.29, 0.717) is 18.6 Å². The van der Waals surface area contributed by atoms with Gasteiger partial charge in [-0.2, -0.15) is 13.2 Å². The van der Waals surface area contributed by atoms with Gasteiger partial charge in [0.15, 0.2) is 12.6 Å². The van der Waals surface area contributed by atoms with Crippen molar-refractivity contribution in [2.24, 2.45) is 4.99 Å². The Hall–Kier alpha value is -1.23. The molecule has 1 aliphatic rings. The van der Waals surface area contributed by atoms with Crippen molar-refractivity contribution in [3.05, 3.63) is 29.8 Å². The number of rotatable bonds is 9. The molecule has 2 N–H and O–H groups in total. The van der Waals surface area contributed by atoms with Crippen molar-refractivity contribution in [2.45, 2.75) is 50.9 Å². The maximum atomic E-state index is 12.1. The molecule has 0 unspecified atom stereocenters. The Bertz CT molecular complexity index is 577. The van der Waals surface area contributed by atoms with E-state index in [1.54, 1.807) is 19.2 Å². The zero-order valence-corrected chi connectivity index (χ0v) is 18.4. The molecule has 1 saturated carbocycles. The maximum Gasteiger partial charge on any atom is 0.422 e. The number of halogens is 4. The van der Waals surface area contributed by atoms with Gasteiger partial charge in [-0.15, -0.1) is 24.0 Å². The molecular formula is C19H29F3IN3O2. The number of benzene rings is 1. The summed E-state index contributed by atoms with van der Waals surface area (Å²) < 4.78 is 46.9. The molecule has 28 heavy (non-hydrogen) atoms. The van der Waals surface area contributed by atoms with Crippen LogP contribution in [0.3, 0.4) is 0 Å². The Morgan fingerprint density at radius 2 is 1.82 bits per heavy atom. The Balaban J connectivity index is 0.00000392. The number of guanidine groups is 1. The number of alkyl halides is 3. The van der Waals surface area contributed by atoms with Crippen LogP contribution in [0, 0.1) is 0 Å². The van der Waals surface area contributed by atoms with Gasteiger partial charge in [-0.3, -0.25) is 4.99 Å². The first-order valence-corrected chi connectivity index (χ1v) is 9.31. The van der Waals surface area contributed by atoms with Crippen molar-refractivity contribution in [3.8, 4) is 5.75 Å². The van der Waals surface area contributed by atoms with Crippen molar-refractivity contribution >= 4 is 29.9 Å². The lowest BCUT2D eigenvalue weighted by Crippen LogP contribution is -2.37. The molecule has 0 aromatic heterocycles. The Labute approximate surface area is 181 Å². The minimum absolute atomic E-state index is 0. The van der Waals surface area contributed by atoms with Crippen molar-refractivity contribution in [2.75, 3.05) is 26.8 Å². The average molecular weight is 515 g/mol. The van der Waals surface area contributed by atoms with Gasteiger partial charge in [0.1, 0.15) is 5.75 Å². The highest BCUT2D eigenvalue weighted by Crippen LogP contribution is 2.21. The predicted octanol–water partition coefficient (Wildman–Crippen LogP) is 4.26. The minimum Gasteiger partial charge on any atom is -0.484 e. The summed E-state index contributed by atoms with van der Waals surface area (Å²) in [5, 5.41) is 6.39. The number of hydrogen-bond acceptors (Lipinski definition) is 3. The molecule has 0 radical (unpaired) electrons. The van der Waals surface area contributed by atoms with Gasteiger partial charge >= 0.3 is 6.18 Å². The van der Waals surface area contributed by atoms with Gasteiger partial charge in [0.05, 0.1) is 6.10 Å². The molecule has 0 aliphatic heterocycles. The van der Waals surface area contributed by atoms with Crippen LogP contribution >= 0.6 is 24.0 Å². The molecule has 0 saturated heterocycles. The van der Waals surface area contributed by atoms with E-state index in [9.17, 15) is 13.2 Å². The van der Waals surface area contributed by atoms with Gasteiger partial charge in [0.25, 0.3) is 0 Å². The first-order chi connectivity index (χ1) is 13.0. The van der Waals surface area contributed by atoms with E-state index in [2.05, 4.69) is 15.6 Å². The molecule has 1 aromatic rings. The fourth-order valence-electron chi connectivity index (χ4n) is 2.86. The first-order valence-electron chi connectivity index (χ1n) is 9.31. The third kappa shape index (κ3) is 10.4. The summed E-state index contributed by atoms with van der Waals surface area (Å²) in [6.45, 7) is 0.730. The second kappa shape index (κ2) is 13.1. The molecule has 1 aliphatic carbocycles. The molecule has 5 nitrogen and oxygen atoms in total. The topological polar surface area (TPSA) is 54.9 Å². The van der Waals surface area contributed by atoms with E-state index >= 15 is 0 Å². The average Bonchev–Trinajstić information content (AvgIpc) is 3.16. The van der Waals surface area contributed by atoms with Crippen LogP contribution in [0.2, 0.25) is 0 Å². The molecule has 160 valence electrons. The number of nitrogens with zero attached hydrogens (tertiary/aromatic N) is 1. The lowest BCUT2D eigenvalue weighted by molar-refractivity contribution is -0.153. The van der Waals surface area contributed by atoms with Crippen LogP contribution in [-0.2, 0) is 11.3 Å². The number of aliphatic imine (C=N–C) groups is 1. The van der Waals surface area contributed by atoms with Crippen LogP contribution < -0.4 is 15.4 Å². The van der Waals surface area contributed by atoms with E-state index in [0.717, 1.165) is 25.1 Å². The highest BCUT2D eigenvalue weighted by Gasteiger charge is 2.28. The Morgan fingerprint density at radius 3 is 2.43 bits per heavy atom. The smallest absolute Gasteiger partial charge is 0.422 e. The van der Waals surface area contributed by atoms with Crippen LogP contribution in [0.4, 0.5) is 13.2 Å². The fraction of sp³-hybridized carbons (Fsp3) is 0.632. The third-order valence-corrected chi connectivity index (χ3v) is 4.28. The summed E-state index contributed by atoms with van der Waals surface area (Å²) in [7, 11) is 1.69. The van der Waals surface area contributed by atoms with E-state index in [-0.39, 0.29) is 29.7 Å². The summed E-state index contributed by atoms with van der Waals surface area (Å²) in [5.74, 6) is 0.870. The normalized spacial score (nSPS) is 15.2. The van der Waals surface area contributed by atoms with Crippen LogP contribution in [0.1, 0.15) is 37.7 Å². The van der Waals surface area contributed by atoms with Crippen LogP contribution in [-0.4, -0.2) is 45.0 Å². The van der Waals surface area contributed by atoms with Crippen LogP contribution in [0.25, 0.3) is 0 Å². The van der Waals surface area contributed by atoms with Gasteiger partial charge in [-0.05, 0) is 37.0 Å². The van der Waals surface area contributed by atoms with E-state index in [1.807, 2.05) is 0 Å². The van der Waals surface area contributed by atoms with Crippen LogP contribution in [0.5, 0.6) is 5.75 Å². The zero-order chi connectivity index (χ0) is 19.5. The maximum absolute atomic E-state index is 12.1. The Kier molecular flexibility index (Phi) is 11.6. The molecule has 2 rings (SSSR count). The minimum atomic E-state index is -4.33. The van der Waals surface area contributed by atoms with Gasteiger partial charge in [-0.1, -0.05) is 25.0 Å². The largest absolute Gasteiger partial charge is 0.484 e. The third-order valence-electron chi connectivity index (χ3n) is 4.28. The highest BCUT2D eigenvalue weighted by molar-refractivity contribution is 14.0. The highest BCUT2D eigenvalue weighted by atomic mass is 127. The van der Waals surface area contributed by atoms with E-state index in [1.165, 1.54) is 37.8 Å². The summed E-state index contributed by atoms with van der Waals surface area (Å²) >= 11 is 0. The van der Waals surface area contributed by atoms with Gasteiger partial charge in [-0.25, -0.2) is 0 Å². The monoisotopic (exact) mass is 515 g/mol. The molecule has 1 fully saturated rings.